The fourth-order valence-electron chi connectivity index (χ4n) is 2.49. The Morgan fingerprint density at radius 3 is 2.64 bits per heavy atom. The first kappa shape index (κ1) is 13.8. The standard InChI is InChI=1S/C15H12Cl2N4O/c16-10-3-9(4-11(17)5-10)12-6-18-13-14(19-12)21(15(22)20-13)7-8-1-2-8/h3-6,8H,1-2,7H2,(H,18,20,22). The molecule has 0 radical (unpaired) electrons. The zero-order valence-corrected chi connectivity index (χ0v) is 13.0. The number of nitrogens with one attached hydrogen (secondary N) is 1. The van der Waals surface area contributed by atoms with Crippen molar-refractivity contribution in [3.8, 4) is 11.3 Å². The minimum atomic E-state index is -0.164. The fraction of sp³-hybridized carbons (Fsp3) is 0.267. The van der Waals surface area contributed by atoms with Crippen LogP contribution in [-0.2, 0) is 6.54 Å². The van der Waals surface area contributed by atoms with Gasteiger partial charge >= 0.3 is 5.69 Å². The van der Waals surface area contributed by atoms with Crippen molar-refractivity contribution in [2.45, 2.75) is 19.4 Å². The van der Waals surface area contributed by atoms with Crippen molar-refractivity contribution in [3.05, 3.63) is 44.9 Å². The van der Waals surface area contributed by atoms with Crippen LogP contribution in [0.15, 0.2) is 29.2 Å². The number of aromatic nitrogens is 4. The number of hydrogen-bond acceptors (Lipinski definition) is 3. The predicted molar refractivity (Wildman–Crippen MR) is 86.3 cm³/mol. The van der Waals surface area contributed by atoms with Crippen LogP contribution in [0.5, 0.6) is 0 Å². The monoisotopic (exact) mass is 334 g/mol. The lowest BCUT2D eigenvalue weighted by molar-refractivity contribution is 0.620. The van der Waals surface area contributed by atoms with Gasteiger partial charge in [0, 0.05) is 22.2 Å². The van der Waals surface area contributed by atoms with Crippen molar-refractivity contribution in [1.82, 2.24) is 19.5 Å². The zero-order valence-electron chi connectivity index (χ0n) is 11.5. The van der Waals surface area contributed by atoms with Crippen molar-refractivity contribution in [2.75, 3.05) is 0 Å². The number of rotatable bonds is 3. The number of H-pyrrole nitrogens is 1. The number of halogens is 2. The normalized spacial score (nSPS) is 14.6. The Morgan fingerprint density at radius 1 is 1.23 bits per heavy atom. The Bertz CT molecular complexity index is 907. The highest BCUT2D eigenvalue weighted by Crippen LogP contribution is 2.31. The van der Waals surface area contributed by atoms with E-state index in [1.165, 1.54) is 0 Å². The average molecular weight is 335 g/mol. The molecule has 2 heterocycles. The second-order valence-corrected chi connectivity index (χ2v) is 6.44. The molecule has 0 bridgehead atoms. The van der Waals surface area contributed by atoms with E-state index in [2.05, 4.69) is 15.0 Å². The van der Waals surface area contributed by atoms with E-state index in [-0.39, 0.29) is 5.69 Å². The summed E-state index contributed by atoms with van der Waals surface area (Å²) in [4.78, 5) is 23.7. The minimum absolute atomic E-state index is 0.164. The molecule has 0 unspecified atom stereocenters. The topological polar surface area (TPSA) is 63.6 Å². The van der Waals surface area contributed by atoms with E-state index in [9.17, 15) is 4.79 Å². The van der Waals surface area contributed by atoms with E-state index in [0.29, 0.717) is 39.5 Å². The number of benzene rings is 1. The van der Waals surface area contributed by atoms with Gasteiger partial charge in [0.1, 0.15) is 0 Å². The van der Waals surface area contributed by atoms with E-state index < -0.39 is 0 Å². The first-order chi connectivity index (χ1) is 10.6. The molecule has 1 N–H and O–H groups in total. The Morgan fingerprint density at radius 2 is 1.95 bits per heavy atom. The molecule has 0 amide bonds. The lowest BCUT2D eigenvalue weighted by Gasteiger charge is -2.04. The van der Waals surface area contributed by atoms with Crippen LogP contribution in [0.4, 0.5) is 0 Å². The van der Waals surface area contributed by atoms with Gasteiger partial charge in [-0.05, 0) is 37.0 Å². The van der Waals surface area contributed by atoms with Crippen LogP contribution in [0.25, 0.3) is 22.6 Å². The molecule has 1 fully saturated rings. The smallest absolute Gasteiger partial charge is 0.289 e. The van der Waals surface area contributed by atoms with E-state index >= 15 is 0 Å². The predicted octanol–water partition coefficient (Wildman–Crippen LogP) is 3.50. The summed E-state index contributed by atoms with van der Waals surface area (Å²) in [6.45, 7) is 0.688. The van der Waals surface area contributed by atoms with Gasteiger partial charge in [-0.25, -0.2) is 14.8 Å². The van der Waals surface area contributed by atoms with Gasteiger partial charge in [-0.3, -0.25) is 9.55 Å². The molecule has 0 aliphatic heterocycles. The van der Waals surface area contributed by atoms with Crippen LogP contribution >= 0.6 is 23.2 Å². The third-order valence-corrected chi connectivity index (χ3v) is 4.21. The van der Waals surface area contributed by atoms with Crippen LogP contribution < -0.4 is 5.69 Å². The summed E-state index contributed by atoms with van der Waals surface area (Å²) in [5, 5.41) is 1.07. The van der Waals surface area contributed by atoms with Gasteiger partial charge in [0.25, 0.3) is 0 Å². The third-order valence-electron chi connectivity index (χ3n) is 3.78. The van der Waals surface area contributed by atoms with E-state index in [4.69, 9.17) is 23.2 Å². The second kappa shape index (κ2) is 5.11. The quantitative estimate of drug-likeness (QED) is 0.797. The van der Waals surface area contributed by atoms with Gasteiger partial charge in [-0.2, -0.15) is 0 Å². The SMILES string of the molecule is O=c1[nH]c2ncc(-c3cc(Cl)cc(Cl)c3)nc2n1CC1CC1. The molecule has 3 aromatic rings. The molecule has 1 aliphatic carbocycles. The number of hydrogen-bond donors (Lipinski definition) is 1. The summed E-state index contributed by atoms with van der Waals surface area (Å²) in [5.74, 6) is 0.572. The maximum atomic E-state index is 12.0. The second-order valence-electron chi connectivity index (χ2n) is 5.57. The molecule has 1 saturated carbocycles. The largest absolute Gasteiger partial charge is 0.328 e. The highest BCUT2D eigenvalue weighted by molar-refractivity contribution is 6.35. The van der Waals surface area contributed by atoms with Crippen LogP contribution in [0, 0.1) is 5.92 Å². The molecule has 5 nitrogen and oxygen atoms in total. The number of aromatic amines is 1. The zero-order chi connectivity index (χ0) is 15.3. The lowest BCUT2D eigenvalue weighted by atomic mass is 10.1. The van der Waals surface area contributed by atoms with Crippen LogP contribution in [0.2, 0.25) is 10.0 Å². The fourth-order valence-corrected chi connectivity index (χ4v) is 3.02. The van der Waals surface area contributed by atoms with Crippen molar-refractivity contribution in [2.24, 2.45) is 5.92 Å². The van der Waals surface area contributed by atoms with Gasteiger partial charge in [-0.1, -0.05) is 23.2 Å². The summed E-state index contributed by atoms with van der Waals surface area (Å²) >= 11 is 12.1. The average Bonchev–Trinajstić information content (AvgIpc) is 3.23. The molecule has 1 aliphatic rings. The molecule has 0 spiro atoms. The van der Waals surface area contributed by atoms with E-state index in [1.54, 1.807) is 29.0 Å². The number of nitrogens with zero attached hydrogens (tertiary/aromatic N) is 3. The lowest BCUT2D eigenvalue weighted by Crippen LogP contribution is -2.18. The number of fused-ring (bicyclic) bond motifs is 1. The highest BCUT2D eigenvalue weighted by atomic mass is 35.5. The summed E-state index contributed by atoms with van der Waals surface area (Å²) in [5.41, 5.74) is 2.33. The Balaban J connectivity index is 1.86. The van der Waals surface area contributed by atoms with Gasteiger partial charge < -0.3 is 0 Å². The maximum absolute atomic E-state index is 12.0. The molecule has 0 atom stereocenters. The molecule has 4 rings (SSSR count). The Labute approximate surface area is 135 Å². The molecular weight excluding hydrogens is 323 g/mol. The molecule has 2 aromatic heterocycles. The molecule has 0 saturated heterocycles. The van der Waals surface area contributed by atoms with Crippen LogP contribution in [0.1, 0.15) is 12.8 Å². The highest BCUT2D eigenvalue weighted by Gasteiger charge is 2.24. The first-order valence-electron chi connectivity index (χ1n) is 7.02. The molecule has 112 valence electrons. The molecule has 7 heteroatoms. The van der Waals surface area contributed by atoms with Crippen molar-refractivity contribution < 1.29 is 0 Å². The molecule has 22 heavy (non-hydrogen) atoms. The van der Waals surface area contributed by atoms with E-state index in [0.717, 1.165) is 18.4 Å². The van der Waals surface area contributed by atoms with Gasteiger partial charge in [0.2, 0.25) is 0 Å². The van der Waals surface area contributed by atoms with Crippen molar-refractivity contribution in [3.63, 3.8) is 0 Å². The number of imidazole rings is 1. The molecular formula is C15H12Cl2N4O. The summed E-state index contributed by atoms with van der Waals surface area (Å²) in [6, 6.07) is 5.22. The van der Waals surface area contributed by atoms with Gasteiger partial charge in [0.05, 0.1) is 11.9 Å². The van der Waals surface area contributed by atoms with Gasteiger partial charge in [0.15, 0.2) is 11.3 Å². The summed E-state index contributed by atoms with van der Waals surface area (Å²) < 4.78 is 1.66. The Hall–Kier alpha value is -1.85. The van der Waals surface area contributed by atoms with Crippen molar-refractivity contribution >= 4 is 34.5 Å². The first-order valence-corrected chi connectivity index (χ1v) is 7.78. The minimum Gasteiger partial charge on any atom is -0.289 e. The van der Waals surface area contributed by atoms with Gasteiger partial charge in [-0.15, -0.1) is 0 Å². The summed E-state index contributed by atoms with van der Waals surface area (Å²) in [6.07, 6.45) is 3.94. The van der Waals surface area contributed by atoms with Crippen LogP contribution in [-0.4, -0.2) is 19.5 Å². The van der Waals surface area contributed by atoms with Crippen LogP contribution in [0.3, 0.4) is 0 Å². The molecule has 1 aromatic carbocycles. The third kappa shape index (κ3) is 2.51. The summed E-state index contributed by atoms with van der Waals surface area (Å²) in [7, 11) is 0. The maximum Gasteiger partial charge on any atom is 0.328 e. The van der Waals surface area contributed by atoms with E-state index in [1.807, 2.05) is 0 Å². The van der Waals surface area contributed by atoms with Crippen molar-refractivity contribution in [1.29, 1.82) is 0 Å². The Kier molecular flexibility index (Phi) is 3.20.